The summed E-state index contributed by atoms with van der Waals surface area (Å²) < 4.78 is 22.3. The van der Waals surface area contributed by atoms with Crippen LogP contribution in [0.5, 0.6) is 5.88 Å². The summed E-state index contributed by atoms with van der Waals surface area (Å²) >= 11 is 5.57. The molecule has 0 atom stereocenters. The molecule has 6 heteroatoms. The van der Waals surface area contributed by atoms with Crippen molar-refractivity contribution in [3.8, 4) is 5.88 Å². The summed E-state index contributed by atoms with van der Waals surface area (Å²) in [5, 5.41) is -0.116. The molecule has 1 heterocycles. The van der Waals surface area contributed by atoms with E-state index in [0.29, 0.717) is 0 Å². The van der Waals surface area contributed by atoms with Gasteiger partial charge in [0.15, 0.2) is 0 Å². The van der Waals surface area contributed by atoms with Gasteiger partial charge in [0.05, 0.1) is 25.4 Å². The van der Waals surface area contributed by atoms with Crippen molar-refractivity contribution in [2.24, 2.45) is 0 Å². The zero-order chi connectivity index (χ0) is 10.7. The summed E-state index contributed by atoms with van der Waals surface area (Å²) in [6, 6.07) is 0. The van der Waals surface area contributed by atoms with E-state index in [-0.39, 0.29) is 16.5 Å². The van der Waals surface area contributed by atoms with Gasteiger partial charge in [-0.05, 0) is 0 Å². The highest BCUT2D eigenvalue weighted by molar-refractivity contribution is 6.33. The Hall–Kier alpha value is -1.36. The van der Waals surface area contributed by atoms with Crippen LogP contribution in [0, 0.1) is 5.82 Å². The van der Waals surface area contributed by atoms with E-state index in [1.807, 2.05) is 0 Å². The normalized spacial score (nSPS) is 9.71. The molecule has 0 aromatic carbocycles. The van der Waals surface area contributed by atoms with Gasteiger partial charge in [-0.1, -0.05) is 11.6 Å². The molecule has 0 aliphatic carbocycles. The highest BCUT2D eigenvalue weighted by Gasteiger charge is 2.21. The first kappa shape index (κ1) is 10.7. The Morgan fingerprint density at radius 1 is 1.57 bits per heavy atom. The van der Waals surface area contributed by atoms with E-state index in [1.54, 1.807) is 0 Å². The fraction of sp³-hybridized carbons (Fsp3) is 0.250. The van der Waals surface area contributed by atoms with Crippen molar-refractivity contribution >= 4 is 17.6 Å². The molecule has 0 aliphatic heterocycles. The van der Waals surface area contributed by atoms with Crippen LogP contribution in [0.1, 0.15) is 10.4 Å². The van der Waals surface area contributed by atoms with Gasteiger partial charge in [-0.15, -0.1) is 0 Å². The highest BCUT2D eigenvalue weighted by Crippen LogP contribution is 2.24. The van der Waals surface area contributed by atoms with Crippen LogP contribution in [0.3, 0.4) is 0 Å². The number of methoxy groups -OCH3 is 2. The van der Waals surface area contributed by atoms with Crippen LogP contribution in [0.2, 0.25) is 5.02 Å². The van der Waals surface area contributed by atoms with Crippen molar-refractivity contribution in [3.05, 3.63) is 22.6 Å². The number of hydrogen-bond acceptors (Lipinski definition) is 4. The lowest BCUT2D eigenvalue weighted by atomic mass is 10.2. The lowest BCUT2D eigenvalue weighted by Gasteiger charge is -2.06. The molecule has 14 heavy (non-hydrogen) atoms. The lowest BCUT2D eigenvalue weighted by molar-refractivity contribution is 0.0594. The Labute approximate surface area is 84.6 Å². The molecular formula is C8H7ClFNO3. The number of carbonyl (C=O) groups is 1. The van der Waals surface area contributed by atoms with E-state index in [0.717, 1.165) is 13.3 Å². The molecule has 0 N–H and O–H groups in total. The maximum atomic E-state index is 13.4. The number of rotatable bonds is 2. The third-order valence-corrected chi connectivity index (χ3v) is 1.81. The third kappa shape index (κ3) is 1.77. The number of ether oxygens (including phenoxy) is 2. The molecule has 1 aromatic heterocycles. The maximum absolute atomic E-state index is 13.4. The SMILES string of the molecule is COC(=O)c1c(Cl)cnc(OC)c1F. The number of hydrogen-bond donors (Lipinski definition) is 0. The summed E-state index contributed by atoms with van der Waals surface area (Å²) in [5.41, 5.74) is -0.374. The summed E-state index contributed by atoms with van der Waals surface area (Å²) in [7, 11) is 2.37. The van der Waals surface area contributed by atoms with Crippen molar-refractivity contribution in [2.75, 3.05) is 14.2 Å². The van der Waals surface area contributed by atoms with E-state index >= 15 is 0 Å². The van der Waals surface area contributed by atoms with Crippen molar-refractivity contribution in [1.29, 1.82) is 0 Å². The zero-order valence-corrected chi connectivity index (χ0v) is 8.26. The van der Waals surface area contributed by atoms with Crippen LogP contribution in [0.25, 0.3) is 0 Å². The van der Waals surface area contributed by atoms with Crippen LogP contribution >= 0.6 is 11.6 Å². The van der Waals surface area contributed by atoms with E-state index in [2.05, 4.69) is 14.5 Å². The van der Waals surface area contributed by atoms with E-state index in [9.17, 15) is 9.18 Å². The van der Waals surface area contributed by atoms with Gasteiger partial charge in [0.2, 0.25) is 5.82 Å². The molecule has 0 amide bonds. The average Bonchev–Trinajstić information content (AvgIpc) is 2.18. The van der Waals surface area contributed by atoms with Crippen molar-refractivity contribution in [2.45, 2.75) is 0 Å². The van der Waals surface area contributed by atoms with E-state index < -0.39 is 11.8 Å². The maximum Gasteiger partial charge on any atom is 0.342 e. The minimum Gasteiger partial charge on any atom is -0.479 e. The monoisotopic (exact) mass is 219 g/mol. The summed E-state index contributed by atoms with van der Waals surface area (Å²) in [6.45, 7) is 0. The van der Waals surface area contributed by atoms with E-state index in [4.69, 9.17) is 11.6 Å². The van der Waals surface area contributed by atoms with Crippen molar-refractivity contribution in [3.63, 3.8) is 0 Å². The summed E-state index contributed by atoms with van der Waals surface area (Å²) in [5.74, 6) is -2.09. The molecule has 0 unspecified atom stereocenters. The molecule has 1 rings (SSSR count). The molecule has 76 valence electrons. The fourth-order valence-electron chi connectivity index (χ4n) is 0.880. The van der Waals surface area contributed by atoms with Gasteiger partial charge in [0, 0.05) is 0 Å². The number of aromatic nitrogens is 1. The topological polar surface area (TPSA) is 48.4 Å². The van der Waals surface area contributed by atoms with Crippen LogP contribution in [0.4, 0.5) is 4.39 Å². The number of halogens is 2. The highest BCUT2D eigenvalue weighted by atomic mass is 35.5. The third-order valence-electron chi connectivity index (χ3n) is 1.52. The molecule has 4 nitrogen and oxygen atoms in total. The standard InChI is InChI=1S/C8H7ClFNO3/c1-13-7-6(10)5(8(12)14-2)4(9)3-11-7/h3H,1-2H3. The first-order chi connectivity index (χ1) is 6.61. The predicted molar refractivity (Wildman–Crippen MR) is 47.1 cm³/mol. The molecule has 0 aliphatic rings. The van der Waals surface area contributed by atoms with Gasteiger partial charge < -0.3 is 9.47 Å². The smallest absolute Gasteiger partial charge is 0.342 e. The minimum absolute atomic E-state index is 0.116. The number of carbonyl (C=O) groups excluding carboxylic acids is 1. The molecule has 1 aromatic rings. The molecule has 0 saturated heterocycles. The fourth-order valence-corrected chi connectivity index (χ4v) is 1.09. The van der Waals surface area contributed by atoms with Gasteiger partial charge in [-0.25, -0.2) is 9.78 Å². The Morgan fingerprint density at radius 2 is 2.21 bits per heavy atom. The largest absolute Gasteiger partial charge is 0.479 e. The zero-order valence-electron chi connectivity index (χ0n) is 7.51. The van der Waals surface area contributed by atoms with E-state index in [1.165, 1.54) is 7.11 Å². The summed E-state index contributed by atoms with van der Waals surface area (Å²) in [6.07, 6.45) is 1.12. The second-order valence-electron chi connectivity index (χ2n) is 2.30. The molecule has 0 spiro atoms. The van der Waals surface area contributed by atoms with Crippen LogP contribution < -0.4 is 4.74 Å². The van der Waals surface area contributed by atoms with Gasteiger partial charge in [-0.2, -0.15) is 4.39 Å². The number of nitrogens with zero attached hydrogens (tertiary/aromatic N) is 1. The predicted octanol–water partition coefficient (Wildman–Crippen LogP) is 1.67. The van der Waals surface area contributed by atoms with Crippen molar-refractivity contribution in [1.82, 2.24) is 4.98 Å². The molecule has 0 fully saturated rings. The molecular weight excluding hydrogens is 213 g/mol. The Morgan fingerprint density at radius 3 is 2.71 bits per heavy atom. The lowest BCUT2D eigenvalue weighted by Crippen LogP contribution is -2.07. The van der Waals surface area contributed by atoms with Gasteiger partial charge in [0.1, 0.15) is 5.56 Å². The first-order valence-corrected chi connectivity index (χ1v) is 3.96. The van der Waals surface area contributed by atoms with Crippen molar-refractivity contribution < 1.29 is 18.7 Å². The molecule has 0 bridgehead atoms. The second kappa shape index (κ2) is 4.23. The Bertz CT molecular complexity index is 370. The molecule has 0 radical (unpaired) electrons. The number of esters is 1. The van der Waals surface area contributed by atoms with Crippen LogP contribution in [-0.4, -0.2) is 25.2 Å². The van der Waals surface area contributed by atoms with Crippen LogP contribution in [-0.2, 0) is 4.74 Å². The Kier molecular flexibility index (Phi) is 3.24. The number of pyridine rings is 1. The second-order valence-corrected chi connectivity index (χ2v) is 2.70. The molecule has 0 saturated carbocycles. The minimum atomic E-state index is -0.924. The first-order valence-electron chi connectivity index (χ1n) is 3.58. The quantitative estimate of drug-likeness (QED) is 0.710. The average molecular weight is 220 g/mol. The van der Waals surface area contributed by atoms with Gasteiger partial charge in [-0.3, -0.25) is 0 Å². The summed E-state index contributed by atoms with van der Waals surface area (Å²) in [4.78, 5) is 14.6. The van der Waals surface area contributed by atoms with Crippen LogP contribution in [0.15, 0.2) is 6.20 Å². The van der Waals surface area contributed by atoms with Gasteiger partial charge in [0.25, 0.3) is 5.88 Å². The Balaban J connectivity index is 3.32. The van der Waals surface area contributed by atoms with Gasteiger partial charge >= 0.3 is 5.97 Å².